The van der Waals surface area contributed by atoms with Gasteiger partial charge in [0.15, 0.2) is 0 Å². The molecule has 0 fully saturated rings. The molecule has 1 rings (SSSR count). The fourth-order valence-electron chi connectivity index (χ4n) is 1.62. The van der Waals surface area contributed by atoms with E-state index in [1.807, 2.05) is 0 Å². The highest BCUT2D eigenvalue weighted by molar-refractivity contribution is 7.80. The van der Waals surface area contributed by atoms with Crippen molar-refractivity contribution in [1.82, 2.24) is 0 Å². The third kappa shape index (κ3) is 3.80. The molecule has 98 valence electrons. The lowest BCUT2D eigenvalue weighted by molar-refractivity contribution is -0.134. The van der Waals surface area contributed by atoms with Crippen molar-refractivity contribution in [2.24, 2.45) is 0 Å². The lowest BCUT2D eigenvalue weighted by atomic mass is 9.95. The minimum absolute atomic E-state index is 0.0732. The van der Waals surface area contributed by atoms with Gasteiger partial charge in [0.05, 0.1) is 0 Å². The van der Waals surface area contributed by atoms with Crippen LogP contribution in [0.5, 0.6) is 0 Å². The van der Waals surface area contributed by atoms with Crippen molar-refractivity contribution in [2.75, 3.05) is 5.32 Å². The average Bonchev–Trinajstić information content (AvgIpc) is 2.17. The van der Waals surface area contributed by atoms with Crippen LogP contribution in [0.25, 0.3) is 0 Å². The van der Waals surface area contributed by atoms with Crippen LogP contribution in [0.15, 0.2) is 24.3 Å². The van der Waals surface area contributed by atoms with E-state index in [0.29, 0.717) is 5.69 Å². The number of rotatable bonds is 3. The van der Waals surface area contributed by atoms with Crippen LogP contribution in [-0.4, -0.2) is 16.9 Å². The topological polar surface area (TPSA) is 29.1 Å². The summed E-state index contributed by atoms with van der Waals surface area (Å²) >= 11 is 4.66. The van der Waals surface area contributed by atoms with E-state index in [9.17, 15) is 18.0 Å². The van der Waals surface area contributed by atoms with Gasteiger partial charge in [0, 0.05) is 17.5 Å². The molecule has 1 unspecified atom stereocenters. The third-order valence-corrected chi connectivity index (χ3v) is 2.53. The van der Waals surface area contributed by atoms with Crippen molar-refractivity contribution >= 4 is 28.7 Å². The first-order chi connectivity index (χ1) is 8.21. The van der Waals surface area contributed by atoms with Gasteiger partial charge in [0.2, 0.25) is 5.91 Å². The Morgan fingerprint density at radius 3 is 2.06 bits per heavy atom. The Hall–Kier alpha value is -1.43. The number of hydrogen-bond acceptors (Lipinski definition) is 2. The van der Waals surface area contributed by atoms with Crippen molar-refractivity contribution < 1.29 is 18.0 Å². The molecule has 0 bridgehead atoms. The number of carbonyl (C=O) groups excluding carboxylic acids is 1. The number of carbonyl (C=O) groups is 1. The second kappa shape index (κ2) is 5.48. The molecule has 2 nitrogen and oxygen atoms in total. The van der Waals surface area contributed by atoms with Crippen LogP contribution < -0.4 is 5.32 Å². The molecule has 1 amide bonds. The molecule has 0 aliphatic carbocycles. The van der Waals surface area contributed by atoms with Gasteiger partial charge >= 0.3 is 6.18 Å². The molecule has 1 N–H and O–H groups in total. The summed E-state index contributed by atoms with van der Waals surface area (Å²) in [5, 5.41) is 2.49. The maximum Gasteiger partial charge on any atom is 0.400 e. The second-order valence-corrected chi connectivity index (χ2v) is 4.53. The number of thiocarbonyl (C=S) groups is 1. The Bertz CT molecular complexity index is 453. The van der Waals surface area contributed by atoms with E-state index in [2.05, 4.69) is 17.5 Å². The Morgan fingerprint density at radius 2 is 1.72 bits per heavy atom. The molecule has 0 saturated heterocycles. The molecule has 0 spiro atoms. The SMILES string of the molecule is CC(=O)Nc1ccc(C(C(C)=S)C(F)(F)F)cc1. The van der Waals surface area contributed by atoms with E-state index < -0.39 is 12.1 Å². The monoisotopic (exact) mass is 275 g/mol. The van der Waals surface area contributed by atoms with E-state index in [0.717, 1.165) is 0 Å². The van der Waals surface area contributed by atoms with Gasteiger partial charge in [-0.2, -0.15) is 13.2 Å². The van der Waals surface area contributed by atoms with Gasteiger partial charge in [-0.1, -0.05) is 24.4 Å². The van der Waals surface area contributed by atoms with Gasteiger partial charge in [0.1, 0.15) is 5.92 Å². The van der Waals surface area contributed by atoms with Crippen LogP contribution in [0.4, 0.5) is 18.9 Å². The maximum absolute atomic E-state index is 12.8. The smallest absolute Gasteiger partial charge is 0.326 e. The van der Waals surface area contributed by atoms with E-state index in [1.54, 1.807) is 0 Å². The fourth-order valence-corrected chi connectivity index (χ4v) is 1.89. The highest BCUT2D eigenvalue weighted by Crippen LogP contribution is 2.36. The van der Waals surface area contributed by atoms with Gasteiger partial charge in [-0.15, -0.1) is 0 Å². The van der Waals surface area contributed by atoms with E-state index >= 15 is 0 Å². The molecule has 1 atom stereocenters. The Balaban J connectivity index is 3.02. The quantitative estimate of drug-likeness (QED) is 0.853. The Morgan fingerprint density at radius 1 is 1.22 bits per heavy atom. The normalized spacial score (nSPS) is 12.9. The molecule has 0 heterocycles. The molecular weight excluding hydrogens is 263 g/mol. The molecule has 0 aromatic heterocycles. The maximum atomic E-state index is 12.8. The summed E-state index contributed by atoms with van der Waals surface area (Å²) in [6.07, 6.45) is -4.40. The molecule has 0 saturated carbocycles. The summed E-state index contributed by atoms with van der Waals surface area (Å²) in [5.41, 5.74) is 0.526. The summed E-state index contributed by atoms with van der Waals surface area (Å²) in [4.78, 5) is 10.7. The molecule has 18 heavy (non-hydrogen) atoms. The van der Waals surface area contributed by atoms with Crippen molar-refractivity contribution in [3.8, 4) is 0 Å². The van der Waals surface area contributed by atoms with Crippen LogP contribution in [0.2, 0.25) is 0 Å². The third-order valence-electron chi connectivity index (χ3n) is 2.30. The van der Waals surface area contributed by atoms with Crippen LogP contribution in [0.3, 0.4) is 0 Å². The van der Waals surface area contributed by atoms with Crippen LogP contribution in [0, 0.1) is 0 Å². The van der Waals surface area contributed by atoms with Crippen molar-refractivity contribution in [1.29, 1.82) is 0 Å². The molecular formula is C12H12F3NOS. The van der Waals surface area contributed by atoms with E-state index in [4.69, 9.17) is 0 Å². The average molecular weight is 275 g/mol. The summed E-state index contributed by atoms with van der Waals surface area (Å²) in [6.45, 7) is 2.60. The van der Waals surface area contributed by atoms with Gasteiger partial charge in [-0.25, -0.2) is 0 Å². The number of alkyl halides is 3. The molecule has 1 aromatic carbocycles. The molecule has 0 aliphatic heterocycles. The number of hydrogen-bond donors (Lipinski definition) is 1. The lowest BCUT2D eigenvalue weighted by Crippen LogP contribution is -2.25. The lowest BCUT2D eigenvalue weighted by Gasteiger charge is -2.20. The molecule has 1 aromatic rings. The Labute approximate surface area is 108 Å². The molecule has 0 aliphatic rings. The molecule has 0 radical (unpaired) electrons. The van der Waals surface area contributed by atoms with Gasteiger partial charge in [-0.3, -0.25) is 4.79 Å². The standard InChI is InChI=1S/C12H12F3NOS/c1-7(18)11(12(13,14)15)9-3-5-10(6-4-9)16-8(2)17/h3-6,11H,1-2H3,(H,16,17). The number of amides is 1. The zero-order valence-electron chi connectivity index (χ0n) is 9.84. The summed E-state index contributed by atoms with van der Waals surface area (Å²) < 4.78 is 38.4. The zero-order chi connectivity index (χ0) is 13.9. The first-order valence-corrected chi connectivity index (χ1v) is 5.57. The predicted octanol–water partition coefficient (Wildman–Crippen LogP) is 3.68. The van der Waals surface area contributed by atoms with Crippen molar-refractivity contribution in [2.45, 2.75) is 25.9 Å². The zero-order valence-corrected chi connectivity index (χ0v) is 10.7. The fraction of sp³-hybridized carbons (Fsp3) is 0.333. The first-order valence-electron chi connectivity index (χ1n) is 5.16. The van der Waals surface area contributed by atoms with Crippen LogP contribution in [-0.2, 0) is 4.79 Å². The van der Waals surface area contributed by atoms with Crippen LogP contribution in [0.1, 0.15) is 25.3 Å². The second-order valence-electron chi connectivity index (χ2n) is 3.89. The minimum atomic E-state index is -4.40. The van der Waals surface area contributed by atoms with Gasteiger partial charge < -0.3 is 5.32 Å². The van der Waals surface area contributed by atoms with Gasteiger partial charge in [0.25, 0.3) is 0 Å². The van der Waals surface area contributed by atoms with Gasteiger partial charge in [-0.05, 0) is 24.6 Å². The van der Waals surface area contributed by atoms with Crippen LogP contribution >= 0.6 is 12.2 Å². The highest BCUT2D eigenvalue weighted by atomic mass is 32.1. The summed E-state index contributed by atoms with van der Waals surface area (Å²) in [5.74, 6) is -2.03. The number of anilines is 1. The summed E-state index contributed by atoms with van der Waals surface area (Å²) in [7, 11) is 0. The van der Waals surface area contributed by atoms with E-state index in [-0.39, 0.29) is 16.3 Å². The predicted molar refractivity (Wildman–Crippen MR) is 67.8 cm³/mol. The number of nitrogens with one attached hydrogen (secondary N) is 1. The van der Waals surface area contributed by atoms with Crippen molar-refractivity contribution in [3.63, 3.8) is 0 Å². The molecule has 6 heteroatoms. The largest absolute Gasteiger partial charge is 0.400 e. The highest BCUT2D eigenvalue weighted by Gasteiger charge is 2.41. The minimum Gasteiger partial charge on any atom is -0.326 e. The first kappa shape index (κ1) is 14.6. The van der Waals surface area contributed by atoms with E-state index in [1.165, 1.54) is 38.1 Å². The summed E-state index contributed by atoms with van der Waals surface area (Å²) in [6, 6.07) is 5.49. The number of benzene rings is 1. The Kier molecular flexibility index (Phi) is 4.45. The number of halogens is 3. The van der Waals surface area contributed by atoms with Crippen molar-refractivity contribution in [3.05, 3.63) is 29.8 Å².